The van der Waals surface area contributed by atoms with Gasteiger partial charge in [0.15, 0.2) is 17.4 Å². The summed E-state index contributed by atoms with van der Waals surface area (Å²) in [5.41, 5.74) is 2.95. The topological polar surface area (TPSA) is 115 Å². The molecule has 1 saturated carbocycles. The van der Waals surface area contributed by atoms with E-state index >= 15 is 8.78 Å². The number of carboxylic acid groups (broad SMARTS) is 1. The number of benzene rings is 2. The van der Waals surface area contributed by atoms with Crippen molar-refractivity contribution in [2.24, 2.45) is 0 Å². The van der Waals surface area contributed by atoms with E-state index in [-0.39, 0.29) is 31.2 Å². The van der Waals surface area contributed by atoms with Crippen LogP contribution in [0.15, 0.2) is 47.3 Å². The number of aromatic nitrogens is 1. The van der Waals surface area contributed by atoms with Gasteiger partial charge in [-0.05, 0) is 75.9 Å². The Morgan fingerprint density at radius 1 is 1.00 bits per heavy atom. The Balaban J connectivity index is 1.64. The highest BCUT2D eigenvalue weighted by Gasteiger charge is 2.34. The highest BCUT2D eigenvalue weighted by Crippen LogP contribution is 2.28. The van der Waals surface area contributed by atoms with E-state index in [0.29, 0.717) is 10.6 Å². The number of halogens is 4. The first kappa shape index (κ1) is 32.9. The van der Waals surface area contributed by atoms with E-state index in [9.17, 15) is 28.3 Å². The fraction of sp³-hybridized carbons (Fsp3) is 0.406. The van der Waals surface area contributed by atoms with E-state index in [1.165, 1.54) is 0 Å². The van der Waals surface area contributed by atoms with Crippen LogP contribution < -0.4 is 11.3 Å². The lowest BCUT2D eigenvalue weighted by Gasteiger charge is -2.35. The van der Waals surface area contributed by atoms with Gasteiger partial charge in [0.25, 0.3) is 5.56 Å². The van der Waals surface area contributed by atoms with Gasteiger partial charge in [-0.1, -0.05) is 12.8 Å². The summed E-state index contributed by atoms with van der Waals surface area (Å²) in [6.07, 6.45) is 3.56. The Bertz CT molecular complexity index is 1590. The molecule has 8 nitrogen and oxygen atoms in total. The van der Waals surface area contributed by atoms with Gasteiger partial charge in [-0.3, -0.25) is 23.9 Å². The molecule has 0 spiro atoms. The van der Waals surface area contributed by atoms with Gasteiger partial charge in [-0.2, -0.15) is 0 Å². The molecule has 4 rings (SSSR count). The van der Waals surface area contributed by atoms with Crippen LogP contribution in [-0.2, 0) is 16.0 Å². The first-order valence-electron chi connectivity index (χ1n) is 14.3. The molecule has 12 heteroatoms. The molecule has 1 fully saturated rings. The van der Waals surface area contributed by atoms with Crippen LogP contribution in [0.25, 0.3) is 5.69 Å². The zero-order valence-corrected chi connectivity index (χ0v) is 24.7. The number of anilines is 1. The summed E-state index contributed by atoms with van der Waals surface area (Å²) in [4.78, 5) is 39.8. The van der Waals surface area contributed by atoms with Crippen LogP contribution in [-0.4, -0.2) is 57.2 Å². The molecule has 1 unspecified atom stereocenters. The predicted octanol–water partition coefficient (Wildman–Crippen LogP) is 5.26. The molecule has 0 bridgehead atoms. The average Bonchev–Trinajstić information content (AvgIpc) is 3.45. The molecule has 0 saturated heterocycles. The van der Waals surface area contributed by atoms with E-state index in [2.05, 4.69) is 0 Å². The van der Waals surface area contributed by atoms with Crippen LogP contribution in [0.3, 0.4) is 0 Å². The minimum absolute atomic E-state index is 0.0294. The number of nitrogen functional groups attached to an aromatic ring is 1. The molecule has 2 aromatic carbocycles. The molecule has 3 N–H and O–H groups in total. The molecule has 0 radical (unpaired) electrons. The van der Waals surface area contributed by atoms with Crippen molar-refractivity contribution in [3.63, 3.8) is 0 Å². The van der Waals surface area contributed by atoms with E-state index in [0.717, 1.165) is 62.1 Å². The molecule has 3 aromatic rings. The second-order valence-electron chi connectivity index (χ2n) is 11.9. The van der Waals surface area contributed by atoms with Crippen molar-refractivity contribution in [2.45, 2.75) is 70.6 Å². The quantitative estimate of drug-likeness (QED) is 0.223. The molecule has 1 aromatic heterocycles. The number of nitrogens with two attached hydrogens (primary N) is 1. The Kier molecular flexibility index (Phi) is 9.94. The van der Waals surface area contributed by atoms with Crippen molar-refractivity contribution >= 4 is 17.6 Å². The first-order valence-corrected chi connectivity index (χ1v) is 14.3. The normalized spacial score (nSPS) is 14.7. The Labute approximate surface area is 252 Å². The second kappa shape index (κ2) is 13.3. The summed E-state index contributed by atoms with van der Waals surface area (Å²) in [5, 5.41) is 10.0. The van der Waals surface area contributed by atoms with Crippen LogP contribution in [0.4, 0.5) is 23.4 Å². The van der Waals surface area contributed by atoms with Gasteiger partial charge in [0.2, 0.25) is 0 Å². The number of rotatable bonds is 11. The second-order valence-corrected chi connectivity index (χ2v) is 11.9. The van der Waals surface area contributed by atoms with Crippen molar-refractivity contribution in [2.75, 3.05) is 18.9 Å². The van der Waals surface area contributed by atoms with E-state index < -0.39 is 74.9 Å². The maximum Gasteiger partial charge on any atom is 0.323 e. The number of ketones is 1. The van der Waals surface area contributed by atoms with Crippen molar-refractivity contribution in [1.29, 1.82) is 0 Å². The van der Waals surface area contributed by atoms with Gasteiger partial charge in [-0.15, -0.1) is 0 Å². The number of hydrogen-bond acceptors (Lipinski definition) is 6. The molecular weight excluding hydrogens is 582 g/mol. The highest BCUT2D eigenvalue weighted by molar-refractivity contribution is 6.11. The van der Waals surface area contributed by atoms with Crippen LogP contribution in [0.5, 0.6) is 0 Å². The molecule has 0 aliphatic heterocycles. The number of carboxylic acids is 1. The fourth-order valence-corrected chi connectivity index (χ4v) is 5.50. The van der Waals surface area contributed by atoms with Crippen molar-refractivity contribution in [3.05, 3.63) is 92.8 Å². The van der Waals surface area contributed by atoms with Crippen molar-refractivity contribution in [3.8, 4) is 5.69 Å². The number of aliphatic carboxylic acids is 1. The monoisotopic (exact) mass is 617 g/mol. The van der Waals surface area contributed by atoms with E-state index in [1.54, 1.807) is 0 Å². The number of carbonyl (C=O) groups is 2. The Hall–Kier alpha value is -4.03. The third kappa shape index (κ3) is 7.36. The third-order valence-corrected chi connectivity index (χ3v) is 7.66. The minimum atomic E-state index is -1.17. The smallest absolute Gasteiger partial charge is 0.323 e. The van der Waals surface area contributed by atoms with Gasteiger partial charge in [0, 0.05) is 24.7 Å². The minimum Gasteiger partial charge on any atom is -0.480 e. The van der Waals surface area contributed by atoms with Gasteiger partial charge in [0.1, 0.15) is 29.2 Å². The van der Waals surface area contributed by atoms with E-state index in [1.807, 2.05) is 25.7 Å². The maximum absolute atomic E-state index is 15.5. The van der Waals surface area contributed by atoms with Crippen LogP contribution in [0.2, 0.25) is 0 Å². The van der Waals surface area contributed by atoms with Crippen LogP contribution >= 0.6 is 0 Å². The SMILES string of the molecule is CC(C)(C)OCC(C(=O)O)N(CCc1cc(F)c(-n2c(N)c(C(=O)c3ccc(F)cc3F)ccc2=O)c(F)c1)C1CCCC1. The third-order valence-electron chi connectivity index (χ3n) is 7.66. The summed E-state index contributed by atoms with van der Waals surface area (Å²) in [7, 11) is 0. The Morgan fingerprint density at radius 2 is 1.61 bits per heavy atom. The van der Waals surface area contributed by atoms with Crippen LogP contribution in [0.1, 0.15) is 67.9 Å². The van der Waals surface area contributed by atoms with Gasteiger partial charge in [-0.25, -0.2) is 17.6 Å². The summed E-state index contributed by atoms with van der Waals surface area (Å²) in [5.74, 6) is -7.08. The van der Waals surface area contributed by atoms with E-state index in [4.69, 9.17) is 10.5 Å². The highest BCUT2D eigenvalue weighted by atomic mass is 19.1. The lowest BCUT2D eigenvalue weighted by atomic mass is 10.0. The summed E-state index contributed by atoms with van der Waals surface area (Å²) in [6.45, 7) is 5.59. The number of hydrogen-bond donors (Lipinski definition) is 2. The zero-order valence-electron chi connectivity index (χ0n) is 24.7. The lowest BCUT2D eigenvalue weighted by molar-refractivity contribution is -0.149. The van der Waals surface area contributed by atoms with Gasteiger partial charge < -0.3 is 15.6 Å². The number of carbonyl (C=O) groups excluding carboxylic acids is 1. The van der Waals surface area contributed by atoms with Gasteiger partial charge in [0.05, 0.1) is 23.3 Å². The van der Waals surface area contributed by atoms with Crippen LogP contribution in [0, 0.1) is 23.3 Å². The molecule has 1 atom stereocenters. The standard InChI is InChI=1S/C32H35F4N3O5/c1-32(2,3)44-17-26(31(42)43)38(20-6-4-5-7-20)13-12-18-14-24(35)28(25(36)15-18)39-27(40)11-10-22(30(39)37)29(41)21-9-8-19(33)16-23(21)34/h8-11,14-16,20,26H,4-7,12-13,17,37H2,1-3H3,(H,42,43). The first-order chi connectivity index (χ1) is 20.7. The molecule has 0 amide bonds. The molecular formula is C32H35F4N3O5. The average molecular weight is 618 g/mol. The summed E-state index contributed by atoms with van der Waals surface area (Å²) in [6, 6.07) is 5.18. The van der Waals surface area contributed by atoms with Crippen molar-refractivity contribution < 1.29 is 37.0 Å². The molecule has 236 valence electrons. The summed E-state index contributed by atoms with van der Waals surface area (Å²) < 4.78 is 64.9. The van der Waals surface area contributed by atoms with Crippen molar-refractivity contribution in [1.82, 2.24) is 9.47 Å². The zero-order chi connectivity index (χ0) is 32.3. The maximum atomic E-state index is 15.5. The summed E-state index contributed by atoms with van der Waals surface area (Å²) >= 11 is 0. The largest absolute Gasteiger partial charge is 0.480 e. The number of pyridine rings is 1. The van der Waals surface area contributed by atoms with Gasteiger partial charge >= 0.3 is 5.97 Å². The predicted molar refractivity (Wildman–Crippen MR) is 156 cm³/mol. The number of ether oxygens (including phenoxy) is 1. The fourth-order valence-electron chi connectivity index (χ4n) is 5.50. The molecule has 1 heterocycles. The molecule has 1 aliphatic rings. The lowest BCUT2D eigenvalue weighted by Crippen LogP contribution is -2.50. The number of nitrogens with zero attached hydrogens (tertiary/aromatic N) is 2. The molecule has 1 aliphatic carbocycles. The molecule has 44 heavy (non-hydrogen) atoms. The Morgan fingerprint density at radius 3 is 2.18 bits per heavy atom.